The van der Waals surface area contributed by atoms with Crippen molar-refractivity contribution in [1.82, 2.24) is 4.90 Å². The van der Waals surface area contributed by atoms with E-state index in [1.54, 1.807) is 36.6 Å². The molecule has 1 aliphatic rings. The fourth-order valence-corrected chi connectivity index (χ4v) is 3.96. The standard InChI is InChI=1S/C25H24ClN3O3/c1-18-7-9-19(10-8-18)25(31)29-15-13-28(14-16-29)24-21(26)5-2-6-22(24)27-23(30)12-11-20-4-3-17-32-20/h2-12,17H,13-16H2,1H3,(H,27,30)/b12-11+. The second kappa shape index (κ2) is 9.75. The number of piperazine rings is 1. The average molecular weight is 450 g/mol. The summed E-state index contributed by atoms with van der Waals surface area (Å²) < 4.78 is 5.21. The van der Waals surface area contributed by atoms with E-state index in [-0.39, 0.29) is 11.8 Å². The van der Waals surface area contributed by atoms with Crippen molar-refractivity contribution in [3.8, 4) is 0 Å². The second-order valence-electron chi connectivity index (χ2n) is 7.62. The van der Waals surface area contributed by atoms with Gasteiger partial charge in [-0.15, -0.1) is 0 Å². The summed E-state index contributed by atoms with van der Waals surface area (Å²) in [5, 5.41) is 3.45. The third-order valence-corrected chi connectivity index (χ3v) is 5.67. The lowest BCUT2D eigenvalue weighted by molar-refractivity contribution is -0.111. The minimum absolute atomic E-state index is 0.0281. The Bertz CT molecular complexity index is 1120. The van der Waals surface area contributed by atoms with Gasteiger partial charge in [0.05, 0.1) is 22.7 Å². The third-order valence-electron chi connectivity index (χ3n) is 5.37. The average Bonchev–Trinajstić information content (AvgIpc) is 3.32. The smallest absolute Gasteiger partial charge is 0.253 e. The minimum atomic E-state index is -0.280. The number of rotatable bonds is 5. The molecule has 0 atom stereocenters. The third kappa shape index (κ3) is 5.03. The van der Waals surface area contributed by atoms with Gasteiger partial charge in [0.15, 0.2) is 0 Å². The molecule has 0 aliphatic carbocycles. The van der Waals surface area contributed by atoms with E-state index in [9.17, 15) is 9.59 Å². The maximum atomic E-state index is 12.8. The molecule has 1 aromatic heterocycles. The molecule has 32 heavy (non-hydrogen) atoms. The van der Waals surface area contributed by atoms with Crippen molar-refractivity contribution in [2.45, 2.75) is 6.92 Å². The molecule has 1 N–H and O–H groups in total. The van der Waals surface area contributed by atoms with Gasteiger partial charge in [0.25, 0.3) is 5.91 Å². The molecule has 6 nitrogen and oxygen atoms in total. The summed E-state index contributed by atoms with van der Waals surface area (Å²) in [4.78, 5) is 29.2. The Morgan fingerprint density at radius 2 is 1.75 bits per heavy atom. The zero-order valence-corrected chi connectivity index (χ0v) is 18.5. The van der Waals surface area contributed by atoms with Crippen molar-refractivity contribution in [2.24, 2.45) is 0 Å². The highest BCUT2D eigenvalue weighted by atomic mass is 35.5. The molecule has 2 amide bonds. The zero-order valence-electron chi connectivity index (χ0n) is 17.8. The monoisotopic (exact) mass is 449 g/mol. The summed E-state index contributed by atoms with van der Waals surface area (Å²) in [7, 11) is 0. The van der Waals surface area contributed by atoms with E-state index in [4.69, 9.17) is 16.0 Å². The van der Waals surface area contributed by atoms with Gasteiger partial charge in [-0.3, -0.25) is 9.59 Å². The van der Waals surface area contributed by atoms with Crippen molar-refractivity contribution in [2.75, 3.05) is 36.4 Å². The molecule has 1 saturated heterocycles. The van der Waals surface area contributed by atoms with Crippen molar-refractivity contribution < 1.29 is 14.0 Å². The Labute approximate surface area is 192 Å². The minimum Gasteiger partial charge on any atom is -0.465 e. The van der Waals surface area contributed by atoms with E-state index >= 15 is 0 Å². The van der Waals surface area contributed by atoms with Gasteiger partial charge in [0.2, 0.25) is 5.91 Å². The van der Waals surface area contributed by atoms with Crippen LogP contribution in [0.25, 0.3) is 6.08 Å². The summed E-state index contributed by atoms with van der Waals surface area (Å²) >= 11 is 6.51. The number of amides is 2. The van der Waals surface area contributed by atoms with Gasteiger partial charge in [0.1, 0.15) is 5.76 Å². The zero-order chi connectivity index (χ0) is 22.5. The molecule has 1 fully saturated rings. The maximum Gasteiger partial charge on any atom is 0.253 e. The first kappa shape index (κ1) is 21.7. The lowest BCUT2D eigenvalue weighted by atomic mass is 10.1. The molecule has 4 rings (SSSR count). The molecular formula is C25H24ClN3O3. The summed E-state index contributed by atoms with van der Waals surface area (Å²) in [6, 6.07) is 16.6. The number of hydrogen-bond acceptors (Lipinski definition) is 4. The highest BCUT2D eigenvalue weighted by Gasteiger charge is 2.25. The number of anilines is 2. The van der Waals surface area contributed by atoms with Crippen molar-refractivity contribution in [3.63, 3.8) is 0 Å². The predicted molar refractivity (Wildman–Crippen MR) is 127 cm³/mol. The van der Waals surface area contributed by atoms with Crippen LogP contribution in [0.3, 0.4) is 0 Å². The van der Waals surface area contributed by atoms with E-state index in [1.807, 2.05) is 42.2 Å². The molecule has 0 unspecified atom stereocenters. The second-order valence-corrected chi connectivity index (χ2v) is 8.03. The number of hydrogen-bond donors (Lipinski definition) is 1. The largest absolute Gasteiger partial charge is 0.465 e. The maximum absolute atomic E-state index is 12.8. The van der Waals surface area contributed by atoms with E-state index in [2.05, 4.69) is 10.2 Å². The summed E-state index contributed by atoms with van der Waals surface area (Å²) in [5.74, 6) is 0.347. The van der Waals surface area contributed by atoms with Crippen LogP contribution in [0.15, 0.2) is 71.4 Å². The molecular weight excluding hydrogens is 426 g/mol. The SMILES string of the molecule is Cc1ccc(C(=O)N2CCN(c3c(Cl)cccc3NC(=O)/C=C/c3ccco3)CC2)cc1. The molecule has 164 valence electrons. The number of aryl methyl sites for hydroxylation is 1. The normalized spacial score (nSPS) is 14.1. The Morgan fingerprint density at radius 1 is 1.00 bits per heavy atom. The molecule has 1 aliphatic heterocycles. The fraction of sp³-hybridized carbons (Fsp3) is 0.200. The van der Waals surface area contributed by atoms with E-state index in [1.165, 1.54) is 6.08 Å². The van der Waals surface area contributed by atoms with Gasteiger partial charge in [0, 0.05) is 37.8 Å². The molecule has 3 aromatic rings. The molecule has 0 saturated carbocycles. The topological polar surface area (TPSA) is 65.8 Å². The molecule has 2 heterocycles. The lowest BCUT2D eigenvalue weighted by Gasteiger charge is -2.37. The number of halogens is 1. The van der Waals surface area contributed by atoms with Crippen molar-refractivity contribution in [1.29, 1.82) is 0 Å². The van der Waals surface area contributed by atoms with E-state index < -0.39 is 0 Å². The highest BCUT2D eigenvalue weighted by Crippen LogP contribution is 2.34. The Balaban J connectivity index is 1.43. The van der Waals surface area contributed by atoms with E-state index in [0.717, 1.165) is 11.3 Å². The Kier molecular flexibility index (Phi) is 6.61. The van der Waals surface area contributed by atoms with Gasteiger partial charge < -0.3 is 19.5 Å². The highest BCUT2D eigenvalue weighted by molar-refractivity contribution is 6.34. The number of nitrogens with zero attached hydrogens (tertiary/aromatic N) is 2. The van der Waals surface area contributed by atoms with Crippen LogP contribution in [0, 0.1) is 6.92 Å². The van der Waals surface area contributed by atoms with Crippen LogP contribution in [0.2, 0.25) is 5.02 Å². The van der Waals surface area contributed by atoms with Crippen LogP contribution >= 0.6 is 11.6 Å². The van der Waals surface area contributed by atoms with Crippen molar-refractivity contribution >= 4 is 40.9 Å². The Morgan fingerprint density at radius 3 is 2.44 bits per heavy atom. The number of carbonyl (C=O) groups is 2. The van der Waals surface area contributed by atoms with Gasteiger partial charge in [-0.05, 0) is 49.4 Å². The quantitative estimate of drug-likeness (QED) is 0.565. The van der Waals surface area contributed by atoms with Crippen LogP contribution in [-0.4, -0.2) is 42.9 Å². The van der Waals surface area contributed by atoms with Crippen molar-refractivity contribution in [3.05, 3.63) is 88.8 Å². The Hall–Kier alpha value is -3.51. The van der Waals surface area contributed by atoms with Gasteiger partial charge in [-0.2, -0.15) is 0 Å². The molecule has 0 bridgehead atoms. The number of nitrogens with one attached hydrogen (secondary N) is 1. The fourth-order valence-electron chi connectivity index (χ4n) is 3.67. The molecule has 7 heteroatoms. The molecule has 0 spiro atoms. The van der Waals surface area contributed by atoms with Gasteiger partial charge in [-0.1, -0.05) is 35.4 Å². The summed E-state index contributed by atoms with van der Waals surface area (Å²) in [5.41, 5.74) is 3.21. The number of para-hydroxylation sites is 1. The first-order chi connectivity index (χ1) is 15.5. The summed E-state index contributed by atoms with van der Waals surface area (Å²) in [6.45, 7) is 4.38. The van der Waals surface area contributed by atoms with Crippen LogP contribution in [-0.2, 0) is 4.79 Å². The first-order valence-corrected chi connectivity index (χ1v) is 10.8. The van der Waals surface area contributed by atoms with Crippen LogP contribution in [0.5, 0.6) is 0 Å². The molecule has 2 aromatic carbocycles. The first-order valence-electron chi connectivity index (χ1n) is 10.4. The molecule has 0 radical (unpaired) electrons. The van der Waals surface area contributed by atoms with Crippen LogP contribution in [0.1, 0.15) is 21.7 Å². The number of carbonyl (C=O) groups excluding carboxylic acids is 2. The van der Waals surface area contributed by atoms with Crippen LogP contribution < -0.4 is 10.2 Å². The van der Waals surface area contributed by atoms with Gasteiger partial charge >= 0.3 is 0 Å². The lowest BCUT2D eigenvalue weighted by Crippen LogP contribution is -2.49. The van der Waals surface area contributed by atoms with Crippen LogP contribution in [0.4, 0.5) is 11.4 Å². The number of benzene rings is 2. The van der Waals surface area contributed by atoms with Gasteiger partial charge in [-0.25, -0.2) is 0 Å². The van der Waals surface area contributed by atoms with E-state index in [0.29, 0.717) is 48.2 Å². The number of furan rings is 1. The summed E-state index contributed by atoms with van der Waals surface area (Å²) in [6.07, 6.45) is 4.58. The predicted octanol–water partition coefficient (Wildman–Crippen LogP) is 4.86.